The molecule has 0 aromatic heterocycles. The molecule has 2 N–H and O–H groups in total. The van der Waals surface area contributed by atoms with Crippen molar-refractivity contribution in [3.63, 3.8) is 0 Å². The molecule has 1 saturated heterocycles. The highest BCUT2D eigenvalue weighted by atomic mass is 19.4. The van der Waals surface area contributed by atoms with Crippen LogP contribution in [0.25, 0.3) is 0 Å². The number of nitrogens with one attached hydrogen (secondary N) is 2. The second-order valence-electron chi connectivity index (χ2n) is 4.75. The van der Waals surface area contributed by atoms with Crippen molar-refractivity contribution in [3.8, 4) is 0 Å². The Hall–Kier alpha value is -0.780. The van der Waals surface area contributed by atoms with Crippen LogP contribution < -0.4 is 10.6 Å². The van der Waals surface area contributed by atoms with Gasteiger partial charge in [-0.1, -0.05) is 6.92 Å². The monoisotopic (exact) mass is 252 g/mol. The molecule has 100 valence electrons. The Labute approximate surface area is 99.1 Å². The van der Waals surface area contributed by atoms with E-state index in [-0.39, 0.29) is 5.91 Å². The van der Waals surface area contributed by atoms with Crippen LogP contribution in [0.2, 0.25) is 0 Å². The quantitative estimate of drug-likeness (QED) is 0.801. The fraction of sp³-hybridized carbons (Fsp3) is 0.909. The predicted molar refractivity (Wildman–Crippen MR) is 58.5 cm³/mol. The molecule has 0 aromatic rings. The lowest BCUT2D eigenvalue weighted by atomic mass is 9.83. The van der Waals surface area contributed by atoms with Crippen LogP contribution in [0.3, 0.4) is 0 Å². The summed E-state index contributed by atoms with van der Waals surface area (Å²) >= 11 is 0. The third-order valence-electron chi connectivity index (χ3n) is 3.32. The van der Waals surface area contributed by atoms with Gasteiger partial charge in [-0.25, -0.2) is 0 Å². The van der Waals surface area contributed by atoms with Gasteiger partial charge in [0.1, 0.15) is 0 Å². The van der Waals surface area contributed by atoms with E-state index in [1.54, 1.807) is 0 Å². The van der Waals surface area contributed by atoms with Crippen LogP contribution in [0, 0.1) is 5.41 Å². The van der Waals surface area contributed by atoms with Crippen LogP contribution in [-0.2, 0) is 4.79 Å². The minimum Gasteiger partial charge on any atom is -0.353 e. The molecule has 2 atom stereocenters. The van der Waals surface area contributed by atoms with Gasteiger partial charge in [0.2, 0.25) is 5.91 Å². The zero-order valence-electron chi connectivity index (χ0n) is 10.2. The Kier molecular flexibility index (Phi) is 4.41. The highest BCUT2D eigenvalue weighted by molar-refractivity contribution is 5.83. The Morgan fingerprint density at radius 1 is 1.53 bits per heavy atom. The molecule has 1 rings (SSSR count). The third-order valence-corrected chi connectivity index (χ3v) is 3.32. The molecule has 2 unspecified atom stereocenters. The maximum absolute atomic E-state index is 12.1. The summed E-state index contributed by atoms with van der Waals surface area (Å²) in [5.74, 6) is -0.262. The minimum atomic E-state index is -4.24. The molecular formula is C11H19F3N2O. The van der Waals surface area contributed by atoms with Crippen LogP contribution >= 0.6 is 0 Å². The van der Waals surface area contributed by atoms with Crippen molar-refractivity contribution in [2.24, 2.45) is 5.41 Å². The van der Waals surface area contributed by atoms with E-state index in [0.29, 0.717) is 19.4 Å². The Bertz CT molecular complexity index is 272. The number of amides is 1. The molecule has 3 nitrogen and oxygen atoms in total. The van der Waals surface area contributed by atoms with Crippen LogP contribution in [0.5, 0.6) is 0 Å². The van der Waals surface area contributed by atoms with Gasteiger partial charge in [-0.05, 0) is 26.3 Å². The largest absolute Gasteiger partial charge is 0.391 e. The zero-order chi connectivity index (χ0) is 13.1. The van der Waals surface area contributed by atoms with Crippen molar-refractivity contribution in [2.75, 3.05) is 13.1 Å². The number of alkyl halides is 3. The normalized spacial score (nSPS) is 26.9. The van der Waals surface area contributed by atoms with E-state index in [1.807, 2.05) is 6.92 Å². The SMILES string of the molecule is CCC1(C(=O)NC(C)CC(F)(F)F)CCNC1. The van der Waals surface area contributed by atoms with E-state index in [1.165, 1.54) is 6.92 Å². The van der Waals surface area contributed by atoms with Gasteiger partial charge in [-0.3, -0.25) is 4.79 Å². The number of hydrogen-bond acceptors (Lipinski definition) is 2. The van der Waals surface area contributed by atoms with Gasteiger partial charge in [0, 0.05) is 12.6 Å². The second-order valence-corrected chi connectivity index (χ2v) is 4.75. The molecule has 0 saturated carbocycles. The van der Waals surface area contributed by atoms with Crippen molar-refractivity contribution >= 4 is 5.91 Å². The highest BCUT2D eigenvalue weighted by Gasteiger charge is 2.40. The first-order valence-electron chi connectivity index (χ1n) is 5.87. The molecule has 0 bridgehead atoms. The molecule has 1 aliphatic heterocycles. The molecule has 0 spiro atoms. The summed E-state index contributed by atoms with van der Waals surface area (Å²) in [5.41, 5.74) is -0.528. The van der Waals surface area contributed by atoms with Gasteiger partial charge in [0.05, 0.1) is 11.8 Å². The molecule has 1 aliphatic rings. The fourth-order valence-electron chi connectivity index (χ4n) is 2.17. The molecule has 0 aliphatic carbocycles. The van der Waals surface area contributed by atoms with E-state index >= 15 is 0 Å². The summed E-state index contributed by atoms with van der Waals surface area (Å²) in [7, 11) is 0. The van der Waals surface area contributed by atoms with Crippen molar-refractivity contribution < 1.29 is 18.0 Å². The van der Waals surface area contributed by atoms with Gasteiger partial charge >= 0.3 is 6.18 Å². The van der Waals surface area contributed by atoms with E-state index in [9.17, 15) is 18.0 Å². The highest BCUT2D eigenvalue weighted by Crippen LogP contribution is 2.30. The van der Waals surface area contributed by atoms with Gasteiger partial charge in [-0.15, -0.1) is 0 Å². The van der Waals surface area contributed by atoms with Gasteiger partial charge in [0.25, 0.3) is 0 Å². The first-order valence-corrected chi connectivity index (χ1v) is 5.87. The number of hydrogen-bond donors (Lipinski definition) is 2. The van der Waals surface area contributed by atoms with Crippen LogP contribution in [0.1, 0.15) is 33.1 Å². The fourth-order valence-corrected chi connectivity index (χ4v) is 2.17. The second kappa shape index (κ2) is 5.25. The molecule has 17 heavy (non-hydrogen) atoms. The third kappa shape index (κ3) is 3.87. The average Bonchev–Trinajstić information content (AvgIpc) is 2.63. The number of carbonyl (C=O) groups is 1. The molecular weight excluding hydrogens is 233 g/mol. The number of carbonyl (C=O) groups excluding carboxylic acids is 1. The van der Waals surface area contributed by atoms with Crippen molar-refractivity contribution in [3.05, 3.63) is 0 Å². The van der Waals surface area contributed by atoms with Gasteiger partial charge in [0.15, 0.2) is 0 Å². The number of halogens is 3. The molecule has 0 radical (unpaired) electrons. The molecule has 0 aromatic carbocycles. The van der Waals surface area contributed by atoms with Crippen LogP contribution in [-0.4, -0.2) is 31.2 Å². The lowest BCUT2D eigenvalue weighted by Gasteiger charge is -2.27. The standard InChI is InChI=1S/C11H19F3N2O/c1-3-10(4-5-15-7-10)9(17)16-8(2)6-11(12,13)14/h8,15H,3-7H2,1-2H3,(H,16,17). The predicted octanol–water partition coefficient (Wildman–Crippen LogP) is 1.83. The Morgan fingerprint density at radius 3 is 2.59 bits per heavy atom. The lowest BCUT2D eigenvalue weighted by molar-refractivity contribution is -0.143. The summed E-state index contributed by atoms with van der Waals surface area (Å²) in [6, 6.07) is -0.869. The molecule has 6 heteroatoms. The van der Waals surface area contributed by atoms with E-state index < -0.39 is 24.1 Å². The van der Waals surface area contributed by atoms with Crippen LogP contribution in [0.4, 0.5) is 13.2 Å². The summed E-state index contributed by atoms with van der Waals surface area (Å²) in [4.78, 5) is 12.0. The first kappa shape index (κ1) is 14.3. The Morgan fingerprint density at radius 2 is 2.18 bits per heavy atom. The van der Waals surface area contributed by atoms with Gasteiger partial charge < -0.3 is 10.6 Å². The minimum absolute atomic E-state index is 0.262. The van der Waals surface area contributed by atoms with E-state index in [0.717, 1.165) is 6.54 Å². The van der Waals surface area contributed by atoms with Gasteiger partial charge in [-0.2, -0.15) is 13.2 Å². The average molecular weight is 252 g/mol. The summed E-state index contributed by atoms with van der Waals surface area (Å²) in [6.07, 6.45) is -3.88. The summed E-state index contributed by atoms with van der Waals surface area (Å²) in [6.45, 7) is 4.57. The maximum Gasteiger partial charge on any atom is 0.391 e. The summed E-state index contributed by atoms with van der Waals surface area (Å²) < 4.78 is 36.4. The summed E-state index contributed by atoms with van der Waals surface area (Å²) in [5, 5.41) is 5.55. The molecule has 1 amide bonds. The lowest BCUT2D eigenvalue weighted by Crippen LogP contribution is -2.46. The van der Waals surface area contributed by atoms with E-state index in [4.69, 9.17) is 0 Å². The smallest absolute Gasteiger partial charge is 0.353 e. The molecule has 1 heterocycles. The topological polar surface area (TPSA) is 41.1 Å². The van der Waals surface area contributed by atoms with Crippen molar-refractivity contribution in [2.45, 2.75) is 45.3 Å². The molecule has 1 fully saturated rings. The van der Waals surface area contributed by atoms with Crippen molar-refractivity contribution in [1.82, 2.24) is 10.6 Å². The van der Waals surface area contributed by atoms with E-state index in [2.05, 4.69) is 10.6 Å². The zero-order valence-corrected chi connectivity index (χ0v) is 10.2. The Balaban J connectivity index is 2.53. The maximum atomic E-state index is 12.1. The first-order chi connectivity index (χ1) is 7.79. The number of rotatable bonds is 4. The van der Waals surface area contributed by atoms with Crippen molar-refractivity contribution in [1.29, 1.82) is 0 Å². The van der Waals surface area contributed by atoms with Crippen LogP contribution in [0.15, 0.2) is 0 Å².